The first-order valence-corrected chi connectivity index (χ1v) is 15.8. The first-order chi connectivity index (χ1) is 22.3. The third kappa shape index (κ3) is 4.92. The summed E-state index contributed by atoms with van der Waals surface area (Å²) in [4.78, 5) is 60.5. The number of benzene rings is 3. The number of rotatable bonds is 5. The second-order valence-corrected chi connectivity index (χ2v) is 12.6. The van der Waals surface area contributed by atoms with E-state index in [0.29, 0.717) is 40.4 Å². The maximum atomic E-state index is 14.5. The molecule has 230 valence electrons. The van der Waals surface area contributed by atoms with E-state index in [2.05, 4.69) is 0 Å². The number of hydrogen-bond acceptors (Lipinski definition) is 4. The summed E-state index contributed by atoms with van der Waals surface area (Å²) < 4.78 is 0. The Bertz CT molecular complexity index is 1880. The molecule has 0 N–H and O–H groups in total. The van der Waals surface area contributed by atoms with Crippen LogP contribution in [0.4, 0.5) is 11.4 Å². The third-order valence-corrected chi connectivity index (χ3v) is 9.75. The fourth-order valence-electron chi connectivity index (χ4n) is 7.29. The van der Waals surface area contributed by atoms with E-state index in [1.807, 2.05) is 91.9 Å². The monoisotopic (exact) mass is 629 g/mol. The number of imide groups is 1. The minimum atomic E-state index is -0.686. The van der Waals surface area contributed by atoms with Gasteiger partial charge in [-0.2, -0.15) is 0 Å². The highest BCUT2D eigenvalue weighted by molar-refractivity contribution is 6.30. The molecule has 2 heterocycles. The highest BCUT2D eigenvalue weighted by Gasteiger charge is 2.51. The quantitative estimate of drug-likeness (QED) is 0.285. The van der Waals surface area contributed by atoms with Gasteiger partial charge >= 0.3 is 0 Å². The maximum absolute atomic E-state index is 14.5. The summed E-state index contributed by atoms with van der Waals surface area (Å²) in [6, 6.07) is 23.0. The molecule has 4 amide bonds. The lowest BCUT2D eigenvalue weighted by molar-refractivity contribution is -0.150. The van der Waals surface area contributed by atoms with E-state index < -0.39 is 17.4 Å². The number of fused-ring (bicyclic) bond motifs is 1. The Hall–Kier alpha value is -5.01. The Morgan fingerprint density at radius 3 is 2.46 bits per heavy atom. The first-order valence-electron chi connectivity index (χ1n) is 15.4. The zero-order valence-electron chi connectivity index (χ0n) is 25.3. The van der Waals surface area contributed by atoms with Crippen LogP contribution in [-0.2, 0) is 14.4 Å². The molecule has 2 aliphatic carbocycles. The van der Waals surface area contributed by atoms with Gasteiger partial charge in [-0.05, 0) is 73.4 Å². The Morgan fingerprint density at radius 2 is 1.67 bits per heavy atom. The van der Waals surface area contributed by atoms with Crippen LogP contribution in [0.2, 0.25) is 5.02 Å². The van der Waals surface area contributed by atoms with Crippen LogP contribution >= 0.6 is 11.6 Å². The van der Waals surface area contributed by atoms with Crippen LogP contribution in [0.5, 0.6) is 0 Å². The molecule has 7 rings (SSSR count). The van der Waals surface area contributed by atoms with E-state index in [9.17, 15) is 19.2 Å². The topological polar surface area (TPSA) is 78.0 Å². The Balaban J connectivity index is 1.23. The summed E-state index contributed by atoms with van der Waals surface area (Å²) in [7, 11) is 0. The van der Waals surface area contributed by atoms with Crippen molar-refractivity contribution in [2.75, 3.05) is 16.3 Å². The van der Waals surface area contributed by atoms with Crippen molar-refractivity contribution in [3.63, 3.8) is 0 Å². The van der Waals surface area contributed by atoms with Crippen molar-refractivity contribution in [1.82, 2.24) is 4.90 Å². The molecule has 8 heteroatoms. The smallest absolute Gasteiger partial charge is 0.258 e. The SMILES string of the molecule is CC1CC(N(C(=O)CN2C(=O)CC34CC=CC=C3C=CC=C4C2=O)c2ccccc2)c2ccccc2N1C(=O)c1ccc(Cl)cc1. The molecule has 0 saturated carbocycles. The molecular formula is C38H32ClN3O4. The molecule has 2 aliphatic heterocycles. The molecule has 7 nitrogen and oxygen atoms in total. The number of allylic oxidation sites excluding steroid dienone is 7. The minimum absolute atomic E-state index is 0.120. The van der Waals surface area contributed by atoms with Gasteiger partial charge in [-0.1, -0.05) is 84.5 Å². The molecule has 3 unspecified atom stereocenters. The van der Waals surface area contributed by atoms with Gasteiger partial charge in [-0.15, -0.1) is 0 Å². The normalized spacial score (nSPS) is 23.2. The fraction of sp³-hybridized carbons (Fsp3) is 0.211. The molecule has 46 heavy (non-hydrogen) atoms. The average molecular weight is 630 g/mol. The van der Waals surface area contributed by atoms with Gasteiger partial charge in [-0.25, -0.2) is 0 Å². The van der Waals surface area contributed by atoms with Crippen molar-refractivity contribution in [2.45, 2.75) is 38.3 Å². The molecule has 1 spiro atoms. The van der Waals surface area contributed by atoms with Crippen LogP contribution in [0.3, 0.4) is 0 Å². The number of amides is 4. The summed E-state index contributed by atoms with van der Waals surface area (Å²) >= 11 is 6.09. The summed E-state index contributed by atoms with van der Waals surface area (Å²) in [5.74, 6) is -1.33. The van der Waals surface area contributed by atoms with Crippen molar-refractivity contribution in [1.29, 1.82) is 0 Å². The van der Waals surface area contributed by atoms with Gasteiger partial charge in [0.2, 0.25) is 11.8 Å². The Labute approximate surface area is 272 Å². The number of anilines is 2. The van der Waals surface area contributed by atoms with E-state index in [4.69, 9.17) is 11.6 Å². The van der Waals surface area contributed by atoms with E-state index >= 15 is 0 Å². The van der Waals surface area contributed by atoms with E-state index in [1.54, 1.807) is 40.1 Å². The molecule has 1 saturated heterocycles. The van der Waals surface area contributed by atoms with Gasteiger partial charge in [0, 0.05) is 45.4 Å². The molecule has 0 bridgehead atoms. The molecule has 4 aliphatic rings. The summed E-state index contributed by atoms with van der Waals surface area (Å²) in [6.45, 7) is 1.58. The lowest BCUT2D eigenvalue weighted by atomic mass is 9.63. The van der Waals surface area contributed by atoms with Crippen molar-refractivity contribution in [3.8, 4) is 0 Å². The van der Waals surface area contributed by atoms with E-state index in [0.717, 1.165) is 16.0 Å². The summed E-state index contributed by atoms with van der Waals surface area (Å²) in [5.41, 5.74) is 3.46. The highest BCUT2D eigenvalue weighted by Crippen LogP contribution is 2.51. The number of nitrogens with zero attached hydrogens (tertiary/aromatic N) is 3. The van der Waals surface area contributed by atoms with E-state index in [-0.39, 0.29) is 36.7 Å². The Kier molecular flexibility index (Phi) is 7.57. The highest BCUT2D eigenvalue weighted by atomic mass is 35.5. The van der Waals surface area contributed by atoms with Crippen LogP contribution in [0.25, 0.3) is 0 Å². The van der Waals surface area contributed by atoms with Crippen LogP contribution < -0.4 is 9.80 Å². The van der Waals surface area contributed by atoms with Crippen LogP contribution in [0.15, 0.2) is 126 Å². The molecule has 3 aromatic rings. The Morgan fingerprint density at radius 1 is 0.935 bits per heavy atom. The van der Waals surface area contributed by atoms with Gasteiger partial charge in [0.25, 0.3) is 11.8 Å². The van der Waals surface area contributed by atoms with Crippen LogP contribution in [0.1, 0.15) is 48.1 Å². The van der Waals surface area contributed by atoms with Crippen LogP contribution in [0, 0.1) is 5.41 Å². The number of para-hydroxylation sites is 2. The van der Waals surface area contributed by atoms with Gasteiger partial charge in [0.1, 0.15) is 6.54 Å². The molecule has 3 atom stereocenters. The number of likely N-dealkylation sites (tertiary alicyclic amines) is 1. The average Bonchev–Trinajstić information content (AvgIpc) is 3.06. The number of halogens is 1. The lowest BCUT2D eigenvalue weighted by Gasteiger charge is -2.46. The fourth-order valence-corrected chi connectivity index (χ4v) is 7.42. The number of piperidine rings is 1. The van der Waals surface area contributed by atoms with Gasteiger partial charge in [-0.3, -0.25) is 24.1 Å². The second-order valence-electron chi connectivity index (χ2n) is 12.2. The number of carbonyl (C=O) groups excluding carboxylic acids is 4. The number of hydrogen-bond donors (Lipinski definition) is 0. The van der Waals surface area contributed by atoms with Gasteiger partial charge in [0.05, 0.1) is 6.04 Å². The molecule has 3 aromatic carbocycles. The molecule has 0 aromatic heterocycles. The van der Waals surface area contributed by atoms with Crippen molar-refractivity contribution < 1.29 is 19.2 Å². The predicted octanol–water partition coefficient (Wildman–Crippen LogP) is 6.98. The summed E-state index contributed by atoms with van der Waals surface area (Å²) in [6.07, 6.45) is 12.6. The first kappa shape index (κ1) is 29.7. The predicted molar refractivity (Wildman–Crippen MR) is 178 cm³/mol. The van der Waals surface area contributed by atoms with Gasteiger partial charge < -0.3 is 9.80 Å². The van der Waals surface area contributed by atoms with Crippen molar-refractivity contribution >= 4 is 46.6 Å². The van der Waals surface area contributed by atoms with Crippen molar-refractivity contribution in [3.05, 3.63) is 143 Å². The third-order valence-electron chi connectivity index (χ3n) is 9.49. The molecular weight excluding hydrogens is 598 g/mol. The van der Waals surface area contributed by atoms with Gasteiger partial charge in [0.15, 0.2) is 0 Å². The van der Waals surface area contributed by atoms with E-state index in [1.165, 1.54) is 0 Å². The zero-order valence-corrected chi connectivity index (χ0v) is 26.1. The van der Waals surface area contributed by atoms with Crippen molar-refractivity contribution in [2.24, 2.45) is 5.41 Å². The maximum Gasteiger partial charge on any atom is 0.258 e. The summed E-state index contributed by atoms with van der Waals surface area (Å²) in [5, 5.41) is 0.547. The zero-order chi connectivity index (χ0) is 32.0. The standard InChI is InChI=1S/C38H32ClN3O4/c1-25-22-33(30-14-5-6-16-32(30)41(25)36(45)26-17-19-28(39)20-18-26)42(29-12-3-2-4-13-29)35(44)24-40-34(43)23-38-21-8-7-10-27(38)11-9-15-31(38)37(40)46/h2-20,25,33H,21-24H2,1H3. The largest absolute Gasteiger partial charge is 0.305 e. The minimum Gasteiger partial charge on any atom is -0.305 e. The molecule has 0 radical (unpaired) electrons. The number of carbonyl (C=O) groups is 4. The lowest BCUT2D eigenvalue weighted by Crippen LogP contribution is -2.55. The molecule has 1 fully saturated rings. The van der Waals surface area contributed by atoms with Crippen LogP contribution in [-0.4, -0.2) is 41.1 Å². The second kappa shape index (κ2) is 11.7.